The van der Waals surface area contributed by atoms with Gasteiger partial charge in [0, 0.05) is 0 Å². The molecule has 0 bridgehead atoms. The highest BCUT2D eigenvalue weighted by molar-refractivity contribution is 7.80. The summed E-state index contributed by atoms with van der Waals surface area (Å²) in [5.74, 6) is -0.372. The van der Waals surface area contributed by atoms with Crippen molar-refractivity contribution >= 4 is 28.7 Å². The van der Waals surface area contributed by atoms with Crippen LogP contribution in [-0.2, 0) is 0 Å². The van der Waals surface area contributed by atoms with Crippen LogP contribution in [0.25, 0.3) is 0 Å². The maximum absolute atomic E-state index is 13.5. The van der Waals surface area contributed by atoms with E-state index in [1.54, 1.807) is 37.3 Å². The van der Waals surface area contributed by atoms with E-state index < -0.39 is 12.4 Å². The molecule has 24 heavy (non-hydrogen) atoms. The Hall–Kier alpha value is -2.61. The highest BCUT2D eigenvalue weighted by atomic mass is 32.1. The van der Waals surface area contributed by atoms with Crippen molar-refractivity contribution in [3.05, 3.63) is 59.9 Å². The molecule has 8 heteroatoms. The number of ether oxygens (including phenoxy) is 1. The summed E-state index contributed by atoms with van der Waals surface area (Å²) in [5.41, 5.74) is 4.08. The molecule has 0 radical (unpaired) electrons. The zero-order chi connectivity index (χ0) is 17.5. The van der Waals surface area contributed by atoms with Crippen molar-refractivity contribution in [3.8, 4) is 5.75 Å². The third kappa shape index (κ3) is 5.24. The van der Waals surface area contributed by atoms with Gasteiger partial charge in [0.15, 0.2) is 5.11 Å². The van der Waals surface area contributed by atoms with Gasteiger partial charge in [-0.25, -0.2) is 4.39 Å². The molecule has 0 amide bonds. The molecule has 0 saturated carbocycles. The minimum atomic E-state index is -2.87. The highest BCUT2D eigenvalue weighted by Gasteiger charge is 2.05. The summed E-state index contributed by atoms with van der Waals surface area (Å²) in [4.78, 5) is 0. The molecule has 0 spiro atoms. The van der Waals surface area contributed by atoms with Gasteiger partial charge in [0.25, 0.3) is 0 Å². The zero-order valence-corrected chi connectivity index (χ0v) is 13.4. The second-order valence-electron chi connectivity index (χ2n) is 4.65. The fraction of sp³-hybridized carbons (Fsp3) is 0.125. The first kappa shape index (κ1) is 17.7. The minimum Gasteiger partial charge on any atom is -0.435 e. The van der Waals surface area contributed by atoms with E-state index in [0.717, 1.165) is 0 Å². The van der Waals surface area contributed by atoms with E-state index in [4.69, 9.17) is 12.2 Å². The number of anilines is 1. The van der Waals surface area contributed by atoms with Crippen molar-refractivity contribution in [2.24, 2.45) is 5.10 Å². The standard InChI is InChI=1S/C16H14F3N3OS/c1-10(11-6-8-12(9-7-11)23-15(18)19)21-22-16(24)20-14-5-3-2-4-13(14)17/h2-9,15H,1H3,(H2,20,22,24)/b21-10-. The van der Waals surface area contributed by atoms with Crippen molar-refractivity contribution in [3.63, 3.8) is 0 Å². The first-order chi connectivity index (χ1) is 11.5. The third-order valence-electron chi connectivity index (χ3n) is 2.94. The van der Waals surface area contributed by atoms with Crippen molar-refractivity contribution in [1.82, 2.24) is 5.43 Å². The molecule has 0 atom stereocenters. The van der Waals surface area contributed by atoms with Crippen LogP contribution in [0.15, 0.2) is 53.6 Å². The Morgan fingerprint density at radius 3 is 2.42 bits per heavy atom. The summed E-state index contributed by atoms with van der Waals surface area (Å²) in [7, 11) is 0. The predicted octanol–water partition coefficient (Wildman–Crippen LogP) is 4.14. The number of nitrogens with one attached hydrogen (secondary N) is 2. The number of para-hydroxylation sites is 1. The third-order valence-corrected chi connectivity index (χ3v) is 3.14. The Morgan fingerprint density at radius 2 is 1.79 bits per heavy atom. The summed E-state index contributed by atoms with van der Waals surface area (Å²) in [6.07, 6.45) is 0. The van der Waals surface area contributed by atoms with Crippen molar-refractivity contribution in [2.45, 2.75) is 13.5 Å². The molecule has 2 rings (SSSR count). The molecule has 0 aromatic heterocycles. The Bertz CT molecular complexity index is 736. The van der Waals surface area contributed by atoms with Crippen LogP contribution in [0.1, 0.15) is 12.5 Å². The lowest BCUT2D eigenvalue weighted by Gasteiger charge is -2.09. The van der Waals surface area contributed by atoms with Gasteiger partial charge in [-0.05, 0) is 61.1 Å². The van der Waals surface area contributed by atoms with Gasteiger partial charge in [0.05, 0.1) is 11.4 Å². The molecule has 2 aromatic carbocycles. The van der Waals surface area contributed by atoms with Gasteiger partial charge in [0.2, 0.25) is 0 Å². The SMILES string of the molecule is C/C(=N/NC(=S)Nc1ccccc1F)c1ccc(OC(F)F)cc1. The number of nitrogens with zero attached hydrogens (tertiary/aromatic N) is 1. The molecular weight excluding hydrogens is 339 g/mol. The predicted molar refractivity (Wildman–Crippen MR) is 91.0 cm³/mol. The molecule has 126 valence electrons. The van der Waals surface area contributed by atoms with Crippen LogP contribution in [0.3, 0.4) is 0 Å². The molecule has 0 saturated heterocycles. The van der Waals surface area contributed by atoms with Gasteiger partial charge in [-0.3, -0.25) is 5.43 Å². The fourth-order valence-electron chi connectivity index (χ4n) is 1.79. The van der Waals surface area contributed by atoms with Gasteiger partial charge < -0.3 is 10.1 Å². The van der Waals surface area contributed by atoms with Crippen LogP contribution in [0.5, 0.6) is 5.75 Å². The average Bonchev–Trinajstić information content (AvgIpc) is 2.55. The number of hydrogen-bond acceptors (Lipinski definition) is 3. The zero-order valence-electron chi connectivity index (χ0n) is 12.6. The van der Waals surface area contributed by atoms with E-state index in [1.165, 1.54) is 18.2 Å². The minimum absolute atomic E-state index is 0.0613. The topological polar surface area (TPSA) is 45.7 Å². The van der Waals surface area contributed by atoms with Gasteiger partial charge in [-0.2, -0.15) is 13.9 Å². The molecule has 0 heterocycles. The quantitative estimate of drug-likeness (QED) is 0.482. The summed E-state index contributed by atoms with van der Waals surface area (Å²) in [6.45, 7) is -1.16. The molecule has 2 N–H and O–H groups in total. The molecule has 0 unspecified atom stereocenters. The molecule has 0 aliphatic rings. The smallest absolute Gasteiger partial charge is 0.387 e. The largest absolute Gasteiger partial charge is 0.435 e. The normalized spacial score (nSPS) is 11.3. The second-order valence-corrected chi connectivity index (χ2v) is 5.05. The molecular formula is C16H14F3N3OS. The molecule has 4 nitrogen and oxygen atoms in total. The number of thiocarbonyl (C=S) groups is 1. The first-order valence-corrected chi connectivity index (χ1v) is 7.27. The van der Waals surface area contributed by atoms with E-state index in [9.17, 15) is 13.2 Å². The summed E-state index contributed by atoms with van der Waals surface area (Å²) in [5, 5.41) is 6.87. The lowest BCUT2D eigenvalue weighted by Crippen LogP contribution is -2.25. The number of halogens is 3. The number of hydrogen-bond donors (Lipinski definition) is 2. The summed E-state index contributed by atoms with van der Waals surface area (Å²) < 4.78 is 41.9. The summed E-state index contributed by atoms with van der Waals surface area (Å²) >= 11 is 5.03. The number of alkyl halides is 2. The Labute approximate surface area is 142 Å². The van der Waals surface area contributed by atoms with Crippen molar-refractivity contribution < 1.29 is 17.9 Å². The number of hydrazone groups is 1. The lowest BCUT2D eigenvalue weighted by molar-refractivity contribution is -0.0498. The van der Waals surface area contributed by atoms with Crippen molar-refractivity contribution in [2.75, 3.05) is 5.32 Å². The van der Waals surface area contributed by atoms with Gasteiger partial charge in [0.1, 0.15) is 11.6 Å². The Balaban J connectivity index is 1.95. The van der Waals surface area contributed by atoms with Gasteiger partial charge in [-0.15, -0.1) is 0 Å². The first-order valence-electron chi connectivity index (χ1n) is 6.87. The van der Waals surface area contributed by atoms with E-state index in [0.29, 0.717) is 11.3 Å². The van der Waals surface area contributed by atoms with E-state index in [2.05, 4.69) is 20.6 Å². The van der Waals surface area contributed by atoms with E-state index in [1.807, 2.05) is 0 Å². The van der Waals surface area contributed by atoms with Crippen molar-refractivity contribution in [1.29, 1.82) is 0 Å². The van der Waals surface area contributed by atoms with Gasteiger partial charge >= 0.3 is 6.61 Å². The highest BCUT2D eigenvalue weighted by Crippen LogP contribution is 2.15. The number of benzene rings is 2. The van der Waals surface area contributed by atoms with E-state index in [-0.39, 0.29) is 16.5 Å². The van der Waals surface area contributed by atoms with Crippen LogP contribution >= 0.6 is 12.2 Å². The Kier molecular flexibility index (Phi) is 6.14. The fourth-order valence-corrected chi connectivity index (χ4v) is 1.95. The second kappa shape index (κ2) is 8.30. The van der Waals surface area contributed by atoms with Crippen LogP contribution < -0.4 is 15.5 Å². The maximum Gasteiger partial charge on any atom is 0.387 e. The molecule has 0 aliphatic heterocycles. The molecule has 0 aliphatic carbocycles. The number of rotatable bonds is 5. The maximum atomic E-state index is 13.5. The van der Waals surface area contributed by atoms with Crippen LogP contribution in [0, 0.1) is 5.82 Å². The monoisotopic (exact) mass is 353 g/mol. The lowest BCUT2D eigenvalue weighted by atomic mass is 10.1. The summed E-state index contributed by atoms with van der Waals surface area (Å²) in [6, 6.07) is 12.1. The molecule has 0 fully saturated rings. The van der Waals surface area contributed by atoms with Gasteiger partial charge in [-0.1, -0.05) is 12.1 Å². The molecule has 2 aromatic rings. The van der Waals surface area contributed by atoms with Crippen LogP contribution in [0.4, 0.5) is 18.9 Å². The van der Waals surface area contributed by atoms with E-state index >= 15 is 0 Å². The average molecular weight is 353 g/mol. The Morgan fingerprint density at radius 1 is 1.12 bits per heavy atom. The van der Waals surface area contributed by atoms with Crippen LogP contribution in [-0.4, -0.2) is 17.4 Å². The van der Waals surface area contributed by atoms with Crippen LogP contribution in [0.2, 0.25) is 0 Å².